The monoisotopic (exact) mass is 329 g/mol. The van der Waals surface area contributed by atoms with E-state index in [2.05, 4.69) is 5.32 Å². The first kappa shape index (κ1) is 17.7. The van der Waals surface area contributed by atoms with Crippen molar-refractivity contribution in [3.63, 3.8) is 0 Å². The lowest BCUT2D eigenvalue weighted by atomic mass is 10.1. The molecule has 0 bridgehead atoms. The molecule has 1 N–H and O–H groups in total. The molecule has 2 rings (SSSR count). The predicted molar refractivity (Wildman–Crippen MR) is 92.9 cm³/mol. The molecule has 0 aliphatic carbocycles. The molecule has 0 spiro atoms. The number of benzene rings is 2. The van der Waals surface area contributed by atoms with Gasteiger partial charge in [0.1, 0.15) is 12.4 Å². The summed E-state index contributed by atoms with van der Waals surface area (Å²) in [6.07, 6.45) is 0. The number of aryl methyl sites for hydroxylation is 2. The number of methoxy groups -OCH3 is 1. The van der Waals surface area contributed by atoms with Gasteiger partial charge in [-0.3, -0.25) is 4.79 Å². The Kier molecular flexibility index (Phi) is 6.49. The van der Waals surface area contributed by atoms with Crippen molar-refractivity contribution in [2.45, 2.75) is 13.8 Å². The second-order valence-corrected chi connectivity index (χ2v) is 5.41. The predicted octanol–water partition coefficient (Wildman–Crippen LogP) is 2.89. The van der Waals surface area contributed by atoms with E-state index in [4.69, 9.17) is 14.2 Å². The number of hydrogen-bond acceptors (Lipinski definition) is 4. The highest BCUT2D eigenvalue weighted by molar-refractivity contribution is 5.77. The van der Waals surface area contributed by atoms with Crippen LogP contribution >= 0.6 is 0 Å². The van der Waals surface area contributed by atoms with Gasteiger partial charge < -0.3 is 19.5 Å². The van der Waals surface area contributed by atoms with E-state index in [1.165, 1.54) is 0 Å². The van der Waals surface area contributed by atoms with Crippen LogP contribution in [0.2, 0.25) is 0 Å². The maximum absolute atomic E-state index is 11.8. The van der Waals surface area contributed by atoms with Crippen molar-refractivity contribution in [1.82, 2.24) is 5.32 Å². The Labute approximate surface area is 142 Å². The molecule has 5 heteroatoms. The summed E-state index contributed by atoms with van der Waals surface area (Å²) >= 11 is 0. The molecule has 0 aliphatic heterocycles. The summed E-state index contributed by atoms with van der Waals surface area (Å²) in [6.45, 7) is 4.68. The molecule has 0 saturated heterocycles. The zero-order chi connectivity index (χ0) is 17.4. The average Bonchev–Trinajstić information content (AvgIpc) is 2.59. The third-order valence-electron chi connectivity index (χ3n) is 3.45. The Morgan fingerprint density at radius 1 is 1.00 bits per heavy atom. The Balaban J connectivity index is 1.71. The van der Waals surface area contributed by atoms with Crippen molar-refractivity contribution in [2.24, 2.45) is 0 Å². The van der Waals surface area contributed by atoms with Crippen LogP contribution in [0.25, 0.3) is 0 Å². The fraction of sp³-hybridized carbons (Fsp3) is 0.316. The molecule has 0 atom stereocenters. The van der Waals surface area contributed by atoms with Crippen molar-refractivity contribution < 1.29 is 19.0 Å². The lowest BCUT2D eigenvalue weighted by Crippen LogP contribution is -2.32. The van der Waals surface area contributed by atoms with Crippen LogP contribution in [0.15, 0.2) is 42.5 Å². The van der Waals surface area contributed by atoms with Gasteiger partial charge in [-0.1, -0.05) is 24.3 Å². The minimum atomic E-state index is -0.181. The smallest absolute Gasteiger partial charge is 0.258 e. The van der Waals surface area contributed by atoms with Crippen LogP contribution in [0.3, 0.4) is 0 Å². The number of amides is 1. The largest absolute Gasteiger partial charge is 0.493 e. The molecule has 1 amide bonds. The topological polar surface area (TPSA) is 56.8 Å². The molecule has 0 radical (unpaired) electrons. The first-order chi connectivity index (χ1) is 11.6. The average molecular weight is 329 g/mol. The van der Waals surface area contributed by atoms with Crippen molar-refractivity contribution >= 4 is 5.91 Å². The summed E-state index contributed by atoms with van der Waals surface area (Å²) in [6, 6.07) is 13.3. The third-order valence-corrected chi connectivity index (χ3v) is 3.45. The zero-order valence-electron chi connectivity index (χ0n) is 14.3. The van der Waals surface area contributed by atoms with Gasteiger partial charge in [-0.2, -0.15) is 0 Å². The van der Waals surface area contributed by atoms with E-state index in [9.17, 15) is 4.79 Å². The van der Waals surface area contributed by atoms with Crippen LogP contribution in [0.1, 0.15) is 11.1 Å². The Morgan fingerprint density at radius 2 is 1.75 bits per heavy atom. The molecule has 0 unspecified atom stereocenters. The van der Waals surface area contributed by atoms with E-state index in [0.717, 1.165) is 16.9 Å². The normalized spacial score (nSPS) is 10.1. The van der Waals surface area contributed by atoms with Crippen LogP contribution in [0, 0.1) is 13.8 Å². The second-order valence-electron chi connectivity index (χ2n) is 5.41. The molecule has 5 nitrogen and oxygen atoms in total. The van der Waals surface area contributed by atoms with Gasteiger partial charge in [0.15, 0.2) is 18.1 Å². The number of carbonyl (C=O) groups is 1. The highest BCUT2D eigenvalue weighted by atomic mass is 16.5. The lowest BCUT2D eigenvalue weighted by molar-refractivity contribution is -0.123. The van der Waals surface area contributed by atoms with E-state index in [1.54, 1.807) is 7.11 Å². The maximum atomic E-state index is 11.8. The molecule has 24 heavy (non-hydrogen) atoms. The van der Waals surface area contributed by atoms with Crippen LogP contribution < -0.4 is 19.5 Å². The summed E-state index contributed by atoms with van der Waals surface area (Å²) in [5.41, 5.74) is 2.11. The van der Waals surface area contributed by atoms with Gasteiger partial charge in [-0.25, -0.2) is 0 Å². The van der Waals surface area contributed by atoms with E-state index in [1.807, 2.05) is 56.3 Å². The molecule has 0 saturated carbocycles. The quantitative estimate of drug-likeness (QED) is 0.757. The van der Waals surface area contributed by atoms with E-state index < -0.39 is 0 Å². The summed E-state index contributed by atoms with van der Waals surface area (Å²) in [5.74, 6) is 1.87. The number of para-hydroxylation sites is 2. The fourth-order valence-corrected chi connectivity index (χ4v) is 2.15. The standard InChI is InChI=1S/C19H23NO4/c1-14-8-9-15(2)18(12-14)24-13-19(21)20-10-11-23-17-7-5-4-6-16(17)22-3/h4-9,12H,10-11,13H2,1-3H3,(H,20,21). The van der Waals surface area contributed by atoms with Gasteiger partial charge in [-0.05, 0) is 43.2 Å². The summed E-state index contributed by atoms with van der Waals surface area (Å²) in [5, 5.41) is 2.76. The van der Waals surface area contributed by atoms with Gasteiger partial charge in [0, 0.05) is 0 Å². The molecule has 0 aromatic heterocycles. The van der Waals surface area contributed by atoms with Crippen molar-refractivity contribution in [1.29, 1.82) is 0 Å². The molecular formula is C19H23NO4. The molecule has 128 valence electrons. The zero-order valence-corrected chi connectivity index (χ0v) is 14.3. The number of carbonyl (C=O) groups excluding carboxylic acids is 1. The van der Waals surface area contributed by atoms with E-state index >= 15 is 0 Å². The van der Waals surface area contributed by atoms with Gasteiger partial charge in [0.25, 0.3) is 5.91 Å². The Morgan fingerprint density at radius 3 is 2.50 bits per heavy atom. The molecular weight excluding hydrogens is 306 g/mol. The van der Waals surface area contributed by atoms with Crippen LogP contribution in [0.5, 0.6) is 17.2 Å². The lowest BCUT2D eigenvalue weighted by Gasteiger charge is -2.12. The first-order valence-corrected chi connectivity index (χ1v) is 7.82. The van der Waals surface area contributed by atoms with Gasteiger partial charge in [0.05, 0.1) is 13.7 Å². The first-order valence-electron chi connectivity index (χ1n) is 7.82. The highest BCUT2D eigenvalue weighted by Gasteiger charge is 2.06. The molecule has 2 aromatic rings. The summed E-state index contributed by atoms with van der Waals surface area (Å²) in [4.78, 5) is 11.8. The third kappa shape index (κ3) is 5.19. The van der Waals surface area contributed by atoms with Gasteiger partial charge >= 0.3 is 0 Å². The van der Waals surface area contributed by atoms with E-state index in [0.29, 0.717) is 24.7 Å². The Bertz CT molecular complexity index is 685. The Hall–Kier alpha value is -2.69. The minimum Gasteiger partial charge on any atom is -0.493 e. The summed E-state index contributed by atoms with van der Waals surface area (Å²) < 4.78 is 16.4. The SMILES string of the molecule is COc1ccccc1OCCNC(=O)COc1cc(C)ccc1C. The van der Waals surface area contributed by atoms with Crippen molar-refractivity contribution in [3.05, 3.63) is 53.6 Å². The molecule has 0 fully saturated rings. The van der Waals surface area contributed by atoms with Crippen molar-refractivity contribution in [3.8, 4) is 17.2 Å². The molecule has 0 heterocycles. The van der Waals surface area contributed by atoms with E-state index in [-0.39, 0.29) is 12.5 Å². The number of rotatable bonds is 8. The van der Waals surface area contributed by atoms with Crippen molar-refractivity contribution in [2.75, 3.05) is 26.9 Å². The minimum absolute atomic E-state index is 0.0149. The number of ether oxygens (including phenoxy) is 3. The van der Waals surface area contributed by atoms with Gasteiger partial charge in [-0.15, -0.1) is 0 Å². The number of hydrogen-bond donors (Lipinski definition) is 1. The fourth-order valence-electron chi connectivity index (χ4n) is 2.15. The second kappa shape index (κ2) is 8.82. The van der Waals surface area contributed by atoms with Crippen LogP contribution in [-0.4, -0.2) is 32.8 Å². The maximum Gasteiger partial charge on any atom is 0.258 e. The van der Waals surface area contributed by atoms with Gasteiger partial charge in [0.2, 0.25) is 0 Å². The molecule has 2 aromatic carbocycles. The number of nitrogens with one attached hydrogen (secondary N) is 1. The van der Waals surface area contributed by atoms with Crippen LogP contribution in [-0.2, 0) is 4.79 Å². The highest BCUT2D eigenvalue weighted by Crippen LogP contribution is 2.25. The molecule has 0 aliphatic rings. The van der Waals surface area contributed by atoms with Crippen LogP contribution in [0.4, 0.5) is 0 Å². The summed E-state index contributed by atoms with van der Waals surface area (Å²) in [7, 11) is 1.59.